The highest BCUT2D eigenvalue weighted by Gasteiger charge is 2.44. The molecule has 0 amide bonds. The Morgan fingerprint density at radius 3 is 0.898 bits per heavy atom. The van der Waals surface area contributed by atoms with Gasteiger partial charge in [0.15, 0.2) is 0 Å². The van der Waals surface area contributed by atoms with Crippen molar-refractivity contribution in [2.24, 2.45) is 182 Å². The number of hydrogen-bond donors (Lipinski definition) is 1. The van der Waals surface area contributed by atoms with Crippen molar-refractivity contribution in [3.05, 3.63) is 35.9 Å². The molecule has 0 radical (unpaired) electrons. The smallest absolute Gasteiger partial charge is 0.381 e. The van der Waals surface area contributed by atoms with Crippen molar-refractivity contribution in [3.8, 4) is 0 Å². The van der Waals surface area contributed by atoms with E-state index in [9.17, 15) is 35.1 Å². The minimum Gasteiger partial charge on any atom is -0.381 e. The first-order valence-corrected chi connectivity index (χ1v) is 55.2. The van der Waals surface area contributed by atoms with E-state index in [-0.39, 0.29) is 12.8 Å². The summed E-state index contributed by atoms with van der Waals surface area (Å²) in [5, 5.41) is 0. The fourth-order valence-corrected chi connectivity index (χ4v) is 24.0. The molecule has 128 heavy (non-hydrogen) atoms. The van der Waals surface area contributed by atoms with Gasteiger partial charge in [-0.3, -0.25) is 0 Å². The molecular weight excluding hydrogens is 1600 g/mol. The second-order valence-electron chi connectivity index (χ2n) is 51.1. The van der Waals surface area contributed by atoms with Crippen LogP contribution in [0, 0.1) is 176 Å². The Balaban J connectivity index is 0.000000478. The van der Waals surface area contributed by atoms with E-state index in [2.05, 4.69) is 245 Å². The summed E-state index contributed by atoms with van der Waals surface area (Å²) in [7, 11) is 1.83. The maximum atomic E-state index is 12.6. The monoisotopic (exact) mass is 1820 g/mol. The van der Waals surface area contributed by atoms with Crippen molar-refractivity contribution in [1.29, 1.82) is 0 Å². The van der Waals surface area contributed by atoms with E-state index < -0.39 is 30.1 Å². The molecule has 0 aliphatic heterocycles. The number of rotatable bonds is 13. The minimum absolute atomic E-state index is 0.107. The average molecular weight is 1820 g/mol. The highest BCUT2D eigenvalue weighted by molar-refractivity contribution is 5.20. The van der Waals surface area contributed by atoms with Gasteiger partial charge in [-0.2, -0.15) is 26.3 Å². The number of alkyl halides is 8. The highest BCUT2D eigenvalue weighted by atomic mass is 19.4. The lowest BCUT2D eigenvalue weighted by Crippen LogP contribution is -2.29. The molecule has 12 rings (SSSR count). The van der Waals surface area contributed by atoms with Crippen molar-refractivity contribution < 1.29 is 39.9 Å². The van der Waals surface area contributed by atoms with Crippen molar-refractivity contribution >= 4 is 0 Å². The predicted molar refractivity (Wildman–Crippen MR) is 546 cm³/mol. The Hall–Kier alpha value is -1.42. The summed E-state index contributed by atoms with van der Waals surface area (Å²) in [6.45, 7) is 72.0. The fourth-order valence-electron chi connectivity index (χ4n) is 24.0. The molecule has 0 saturated heterocycles. The van der Waals surface area contributed by atoms with Crippen LogP contribution in [0.25, 0.3) is 0 Å². The first-order valence-electron chi connectivity index (χ1n) is 55.2. The summed E-state index contributed by atoms with van der Waals surface area (Å²) in [6.07, 6.45) is 44.2. The van der Waals surface area contributed by atoms with Gasteiger partial charge in [0.25, 0.3) is 0 Å². The summed E-state index contributed by atoms with van der Waals surface area (Å²) in [5.74, 6) is 17.8. The van der Waals surface area contributed by atoms with Gasteiger partial charge in [-0.05, 0) is 400 Å². The van der Waals surface area contributed by atoms with E-state index in [0.29, 0.717) is 102 Å². The number of hydrogen-bond acceptors (Lipinski definition) is 2. The SMILES string of the molecule is CC(C)C1CCC(C(C)(C)C)CC1.CC(C)C1CCC(C(F)(F)F)CC1.CC(C)C1CCC(C(F)(F)F)CC1.CC(C)C1CCC(C)(C)CC1.CC(C)C1CCC(F)(F)CC1.CC(C)C1CCC(N)CC1.CC(C)C1CCC(c2ccccc2)CC1.CC(C)C1CCCC(C)(C)C1.CC(C)[C@H]1CCCC[C@@H]1C.CC1CCC(C(C)C)CC1.COC1CCC(C(C)C)CC1. The molecule has 11 fully saturated rings. The van der Waals surface area contributed by atoms with Gasteiger partial charge >= 0.3 is 12.4 Å². The molecular formula is C118H221F8NO. The molecule has 2 nitrogen and oxygen atoms in total. The zero-order valence-electron chi connectivity index (χ0n) is 90.8. The van der Waals surface area contributed by atoms with Crippen LogP contribution in [0.4, 0.5) is 35.1 Å². The number of methoxy groups -OCH3 is 1. The summed E-state index contributed by atoms with van der Waals surface area (Å²) in [6, 6.07) is 11.5. The van der Waals surface area contributed by atoms with Crippen LogP contribution in [-0.4, -0.2) is 37.5 Å². The molecule has 0 aromatic heterocycles. The van der Waals surface area contributed by atoms with Crippen LogP contribution >= 0.6 is 0 Å². The van der Waals surface area contributed by atoms with Crippen molar-refractivity contribution in [2.75, 3.05) is 7.11 Å². The molecule has 1 aromatic rings. The summed E-state index contributed by atoms with van der Waals surface area (Å²) < 4.78 is 104. The maximum absolute atomic E-state index is 12.6. The van der Waals surface area contributed by atoms with Gasteiger partial charge in [-0.25, -0.2) is 8.78 Å². The van der Waals surface area contributed by atoms with Gasteiger partial charge in [0, 0.05) is 26.0 Å². The Bertz CT molecular complexity index is 2620. The second kappa shape index (κ2) is 61.8. The molecule has 1 aromatic carbocycles. The van der Waals surface area contributed by atoms with Crippen LogP contribution in [0.2, 0.25) is 0 Å². The third-order valence-electron chi connectivity index (χ3n) is 35.3. The molecule has 3 atom stereocenters. The van der Waals surface area contributed by atoms with Crippen molar-refractivity contribution in [3.63, 3.8) is 0 Å². The Kier molecular flexibility index (Phi) is 59.2. The molecule has 2 N–H and O–H groups in total. The molecule has 11 saturated carbocycles. The summed E-state index contributed by atoms with van der Waals surface area (Å²) in [5.41, 5.74) is 9.17. The minimum atomic E-state index is -3.96. The predicted octanol–water partition coefficient (Wildman–Crippen LogP) is 40.3. The van der Waals surface area contributed by atoms with Crippen LogP contribution in [0.15, 0.2) is 30.3 Å². The molecule has 760 valence electrons. The van der Waals surface area contributed by atoms with Gasteiger partial charge in [0.1, 0.15) is 0 Å². The third kappa shape index (κ3) is 51.8. The van der Waals surface area contributed by atoms with E-state index in [0.717, 1.165) is 144 Å². The van der Waals surface area contributed by atoms with E-state index in [1.165, 1.54) is 205 Å². The molecule has 11 aliphatic carbocycles. The Morgan fingerprint density at radius 2 is 0.609 bits per heavy atom. The zero-order valence-corrected chi connectivity index (χ0v) is 90.8. The molecule has 1 unspecified atom stereocenters. The quantitative estimate of drug-likeness (QED) is 0.200. The Labute approximate surface area is 793 Å². The first kappa shape index (κ1) is 123. The first-order chi connectivity index (χ1) is 59.4. The average Bonchev–Trinajstić information content (AvgIpc) is 0.867. The van der Waals surface area contributed by atoms with E-state index in [1.807, 2.05) is 7.11 Å². The van der Waals surface area contributed by atoms with Gasteiger partial charge in [-0.1, -0.05) is 290 Å². The van der Waals surface area contributed by atoms with Gasteiger partial charge in [0.05, 0.1) is 17.9 Å². The highest BCUT2D eigenvalue weighted by Crippen LogP contribution is 2.48. The molecule has 0 spiro atoms. The van der Waals surface area contributed by atoms with Crippen LogP contribution in [0.3, 0.4) is 0 Å². The lowest BCUT2D eigenvalue weighted by molar-refractivity contribution is -0.185. The van der Waals surface area contributed by atoms with Gasteiger partial charge < -0.3 is 10.5 Å². The fraction of sp³-hybridized carbons (Fsp3) is 0.949. The van der Waals surface area contributed by atoms with Gasteiger partial charge in [0.2, 0.25) is 5.92 Å². The molecule has 11 aliphatic rings. The number of benzene rings is 1. The molecule has 0 bridgehead atoms. The van der Waals surface area contributed by atoms with Crippen LogP contribution < -0.4 is 5.73 Å². The lowest BCUT2D eigenvalue weighted by atomic mass is 9.68. The summed E-state index contributed by atoms with van der Waals surface area (Å²) in [4.78, 5) is 0. The molecule has 10 heteroatoms. The summed E-state index contributed by atoms with van der Waals surface area (Å²) >= 11 is 0. The third-order valence-corrected chi connectivity index (χ3v) is 35.3. The van der Waals surface area contributed by atoms with Gasteiger partial charge in [-0.15, -0.1) is 0 Å². The molecule has 0 heterocycles. The van der Waals surface area contributed by atoms with Crippen LogP contribution in [0.5, 0.6) is 0 Å². The van der Waals surface area contributed by atoms with E-state index in [1.54, 1.807) is 5.56 Å². The second-order valence-corrected chi connectivity index (χ2v) is 51.1. The lowest BCUT2D eigenvalue weighted by Gasteiger charge is -2.38. The van der Waals surface area contributed by atoms with Crippen LogP contribution in [-0.2, 0) is 4.74 Å². The maximum Gasteiger partial charge on any atom is 0.391 e. The van der Waals surface area contributed by atoms with Crippen LogP contribution in [0.1, 0.15) is 509 Å². The number of nitrogens with two attached hydrogens (primary N) is 1. The van der Waals surface area contributed by atoms with Crippen molar-refractivity contribution in [2.45, 2.75) is 533 Å². The number of halogens is 8. The normalized spacial score (nSPS) is 30.6. The largest absolute Gasteiger partial charge is 0.391 e. The van der Waals surface area contributed by atoms with E-state index >= 15 is 0 Å². The Morgan fingerprint density at radius 1 is 0.312 bits per heavy atom. The van der Waals surface area contributed by atoms with E-state index in [4.69, 9.17) is 10.5 Å². The van der Waals surface area contributed by atoms with Crippen molar-refractivity contribution in [1.82, 2.24) is 0 Å². The standard InChI is InChI=1S/C15H22.C13H26.2C11H22.2C10H17F3.C10H20O.2C10H20.C9H16F2.C9H19N/c1-12(2)13-8-10-15(11-9-13)14-6-4-3-5-7-14;1-10(2)11-6-8-12(9-7-11)13(3,4)5;1-9(2)10-5-7-11(3,4)8-6-10;1-9(2)10-6-5-7-11(3,4)8-10;2*1-7(2)8-3-5-9(6-4-8)10(11,12)13;1-8(2)9-4-6-10(11-3)7-5-9;1-8(2)10-6-4-9(3)5-7-10;1-8(2)10-7-5-4-6-9(10)3;1-7(2)8-3-5-9(10,11)6-4-8;1-7(2)8-3-5-9(10)6-4-8/h3-7,12-13,15H,8-11H2,1-2H3;10-12H,6-9H2,1-5H3;2*9-10H,5-8H2,1-4H3;2*7-9H,3-6H2,1-2H3;8-10H,4-7H2,1-3H3;2*8-10H,4-7H2,1-3H3;7-8H,3-6H2,1-2H3;7-9H,3-6,10H2,1-2H3/t;;;;;;;;9-,10+;;/m........0../s1. The number of ether oxygens (including phenoxy) is 1. The zero-order chi connectivity index (χ0) is 97.3. The topological polar surface area (TPSA) is 35.2 Å².